The number of amides is 1. The summed E-state index contributed by atoms with van der Waals surface area (Å²) < 4.78 is 102. The molecule has 0 saturated carbocycles. The fourth-order valence-electron chi connectivity index (χ4n) is 11.4. The predicted octanol–water partition coefficient (Wildman–Crippen LogP) is 13.5. The molecule has 12 rings (SSSR count). The van der Waals surface area contributed by atoms with E-state index in [9.17, 15) is 55.1 Å². The maximum absolute atomic E-state index is 13.5. The van der Waals surface area contributed by atoms with Crippen LogP contribution in [-0.4, -0.2) is 105 Å². The van der Waals surface area contributed by atoms with Crippen LogP contribution in [0, 0.1) is 25.1 Å². The van der Waals surface area contributed by atoms with Crippen LogP contribution >= 0.6 is 0 Å². The average Bonchev–Trinajstić information content (AvgIpc) is 1.64. The molecule has 1 amide bonds. The smallest absolute Gasteiger partial charge is 0.416 e. The monoisotopic (exact) mass is 1430 g/mol. The molecule has 6 heterocycles. The highest BCUT2D eigenvalue weighted by molar-refractivity contribution is 7.90. The highest BCUT2D eigenvalue weighted by atomic mass is 32.2. The number of pyridine rings is 1. The average molecular weight is 1440 g/mol. The number of hydrogen-bond donors (Lipinski definition) is 2. The van der Waals surface area contributed by atoms with E-state index in [1.54, 1.807) is 23.2 Å². The molecule has 0 saturated heterocycles. The predicted molar refractivity (Wildman–Crippen MR) is 377 cm³/mol. The van der Waals surface area contributed by atoms with Crippen molar-refractivity contribution in [1.29, 1.82) is 0 Å². The Kier molecular flexibility index (Phi) is 24.2. The normalized spacial score (nSPS) is 13.8. The van der Waals surface area contributed by atoms with E-state index in [4.69, 9.17) is 28.6 Å². The van der Waals surface area contributed by atoms with Gasteiger partial charge in [-0.05, 0) is 137 Å². The van der Waals surface area contributed by atoms with Gasteiger partial charge in [-0.2, -0.15) is 18.3 Å². The molecule has 3 aromatic heterocycles. The summed E-state index contributed by atoms with van der Waals surface area (Å²) in [4.78, 5) is 78.2. The second-order valence-electron chi connectivity index (χ2n) is 25.0. The summed E-state index contributed by atoms with van der Waals surface area (Å²) in [7, 11) is -2.00. The van der Waals surface area contributed by atoms with Gasteiger partial charge in [-0.3, -0.25) is 19.2 Å². The lowest BCUT2D eigenvalue weighted by Crippen LogP contribution is -2.29. The van der Waals surface area contributed by atoms with Gasteiger partial charge in [-0.1, -0.05) is 115 Å². The minimum Gasteiger partial charge on any atom is -0.493 e. The second kappa shape index (κ2) is 32.7. The first kappa shape index (κ1) is 76.1. The third kappa shape index (κ3) is 18.0. The van der Waals surface area contributed by atoms with Crippen molar-refractivity contribution in [2.45, 2.75) is 111 Å². The molecule has 0 aliphatic carbocycles. The first-order valence-corrected chi connectivity index (χ1v) is 34.8. The standard InChI is InChI=1S/C23H32N2O4.C19H12F4N2O2.C18H17NO3.C16H17N3O5S/c1-7-16-13-15(3)14-17(8-2)18(16)19-20(26)24-9-11-28-12-10-25(24)21(19)29-22(27)23(4,5)6;20-13-7-9-14(10-8-13)24-18(26)16-5-2-6-17(25-16)27-15-4-1-3-12(11-15)19(21,22)23;1-2-21-17(20)16-13-18(22-19-16,14-9-5-3-6-10-14)15-11-7-4-8-12-15;1-9-10(15(20)11-8-17-19(2)16(11)21)4-5-13(25(3,22)23)14(9)12-6-7-24-18-12/h13-14H,7-12H2,1-6H3;1-11H,(H,24,26);3-12H,2,13H2,1H3;4-5,8,21H,6-7H2,1-3H3. The van der Waals surface area contributed by atoms with Crippen molar-refractivity contribution in [3.8, 4) is 34.5 Å². The van der Waals surface area contributed by atoms with E-state index < -0.39 is 56.1 Å². The lowest BCUT2D eigenvalue weighted by atomic mass is 9.82. The quantitative estimate of drug-likeness (QED) is 0.0517. The number of sulfone groups is 1. The van der Waals surface area contributed by atoms with Crippen LogP contribution < -0.4 is 20.3 Å². The number of esters is 2. The number of anilines is 1. The summed E-state index contributed by atoms with van der Waals surface area (Å²) in [5.74, 6) is -2.24. The number of ether oxygens (including phenoxy) is 4. The molecular formula is C76H78F4N8O14S. The third-order valence-corrected chi connectivity index (χ3v) is 17.8. The number of carbonyl (C=O) groups is 4. The SMILES string of the molecule is CCOC(=O)C1=NOC(c2ccccc2)(c2ccccc2)C1.CCc1cc(C)cc(CC)c1-c1c(OC(=O)C(C)(C)C)n2n(c1=O)CCOCC2.Cc1c(C(=O)c2cnn(C)c2O)ccc(S(C)(=O)=O)c1C1=NOCC1.O=C(Nc1ccc(F)cc1)c1cccc(Oc2cccc(C(F)(F)F)c2)n1. The number of alkyl halides is 3. The number of aromatic hydroxyl groups is 1. The van der Waals surface area contributed by atoms with Crippen molar-refractivity contribution in [3.05, 3.63) is 235 Å². The van der Waals surface area contributed by atoms with Gasteiger partial charge >= 0.3 is 18.1 Å². The number of aryl methyl sites for hydroxylation is 4. The first-order valence-electron chi connectivity index (χ1n) is 32.9. The van der Waals surface area contributed by atoms with Gasteiger partial charge in [0.15, 0.2) is 26.9 Å². The van der Waals surface area contributed by atoms with E-state index >= 15 is 0 Å². The Bertz CT molecular complexity index is 4770. The molecule has 22 nitrogen and oxygen atoms in total. The molecule has 6 aromatic carbocycles. The molecule has 0 fully saturated rings. The Labute approximate surface area is 592 Å². The van der Waals surface area contributed by atoms with Gasteiger partial charge in [0.25, 0.3) is 11.5 Å². The van der Waals surface area contributed by atoms with E-state index in [1.807, 2.05) is 81.4 Å². The van der Waals surface area contributed by atoms with E-state index in [2.05, 4.69) is 58.6 Å². The number of oxime groups is 2. The van der Waals surface area contributed by atoms with Crippen molar-refractivity contribution in [3.63, 3.8) is 0 Å². The molecule has 3 aliphatic heterocycles. The van der Waals surface area contributed by atoms with Gasteiger partial charge < -0.3 is 39.0 Å². The summed E-state index contributed by atoms with van der Waals surface area (Å²) in [6.07, 6.45) is 0.297. The zero-order valence-corrected chi connectivity index (χ0v) is 59.2. The van der Waals surface area contributed by atoms with Crippen molar-refractivity contribution in [2.75, 3.05) is 38.0 Å². The molecular weight excluding hydrogens is 1360 g/mol. The Morgan fingerprint density at radius 1 is 0.738 bits per heavy atom. The number of rotatable bonds is 16. The van der Waals surface area contributed by atoms with Gasteiger partial charge in [0.2, 0.25) is 17.6 Å². The number of benzene rings is 6. The number of carbonyl (C=O) groups excluding carboxylic acids is 4. The van der Waals surface area contributed by atoms with Crippen LogP contribution in [0.1, 0.15) is 125 Å². The number of aromatic nitrogens is 5. The number of hydrogen-bond acceptors (Lipinski definition) is 18. The molecule has 0 spiro atoms. The highest BCUT2D eigenvalue weighted by Gasteiger charge is 2.45. The van der Waals surface area contributed by atoms with Crippen LogP contribution in [-0.2, 0) is 83.3 Å². The largest absolute Gasteiger partial charge is 0.493 e. The van der Waals surface area contributed by atoms with Crippen molar-refractivity contribution >= 4 is 50.6 Å². The van der Waals surface area contributed by atoms with Crippen LogP contribution in [0.4, 0.5) is 23.2 Å². The van der Waals surface area contributed by atoms with Gasteiger partial charge in [0, 0.05) is 53.7 Å². The van der Waals surface area contributed by atoms with E-state index in [0.717, 1.165) is 59.0 Å². The highest BCUT2D eigenvalue weighted by Crippen LogP contribution is 2.42. The fourth-order valence-corrected chi connectivity index (χ4v) is 12.4. The molecule has 9 aromatic rings. The minimum absolute atomic E-state index is 0.0104. The molecule has 3 aliphatic rings. The van der Waals surface area contributed by atoms with Crippen LogP contribution in [0.5, 0.6) is 23.4 Å². The Morgan fingerprint density at radius 2 is 1.37 bits per heavy atom. The topological polar surface area (TPSA) is 272 Å². The fraction of sp³-hybridized carbons (Fsp3) is 0.303. The van der Waals surface area contributed by atoms with E-state index in [-0.39, 0.29) is 50.8 Å². The number of halogens is 4. The van der Waals surface area contributed by atoms with Gasteiger partial charge in [0.1, 0.15) is 35.0 Å². The first-order chi connectivity index (χ1) is 49.0. The lowest BCUT2D eigenvalue weighted by molar-refractivity contribution is -0.143. The van der Waals surface area contributed by atoms with Crippen molar-refractivity contribution in [2.24, 2.45) is 22.8 Å². The summed E-state index contributed by atoms with van der Waals surface area (Å²) in [6.45, 7) is 17.7. The van der Waals surface area contributed by atoms with Crippen LogP contribution in [0.3, 0.4) is 0 Å². The molecule has 540 valence electrons. The van der Waals surface area contributed by atoms with E-state index in [0.29, 0.717) is 92.0 Å². The van der Waals surface area contributed by atoms with E-state index in [1.165, 1.54) is 90.2 Å². The molecule has 2 N–H and O–H groups in total. The minimum atomic E-state index is -4.50. The number of nitrogens with zero attached hydrogens (tertiary/aromatic N) is 7. The second-order valence-corrected chi connectivity index (χ2v) is 27.0. The van der Waals surface area contributed by atoms with Gasteiger partial charge in [0.05, 0.1) is 67.1 Å². The molecule has 103 heavy (non-hydrogen) atoms. The number of nitrogens with one attached hydrogen (secondary N) is 1. The molecule has 0 atom stereocenters. The summed E-state index contributed by atoms with van der Waals surface area (Å²) in [6, 6.07) is 40.5. The summed E-state index contributed by atoms with van der Waals surface area (Å²) in [5, 5.41) is 24.3. The number of fused-ring (bicyclic) bond motifs is 1. The lowest BCUT2D eigenvalue weighted by Gasteiger charge is -2.27. The maximum Gasteiger partial charge on any atom is 0.416 e. The summed E-state index contributed by atoms with van der Waals surface area (Å²) >= 11 is 0. The summed E-state index contributed by atoms with van der Waals surface area (Å²) in [5.41, 5.74) is 6.63. The van der Waals surface area contributed by atoms with Gasteiger partial charge in [-0.25, -0.2) is 36.6 Å². The van der Waals surface area contributed by atoms with Crippen LogP contribution in [0.25, 0.3) is 11.1 Å². The molecule has 0 radical (unpaired) electrons. The van der Waals surface area contributed by atoms with Crippen molar-refractivity contribution in [1.82, 2.24) is 24.1 Å². The van der Waals surface area contributed by atoms with Crippen LogP contribution in [0.15, 0.2) is 178 Å². The zero-order chi connectivity index (χ0) is 74.6. The molecule has 0 unspecified atom stereocenters. The third-order valence-electron chi connectivity index (χ3n) is 16.6. The van der Waals surface area contributed by atoms with Gasteiger partial charge in [-0.15, -0.1) is 0 Å². The Hall–Kier alpha value is -11.1. The molecule has 0 bridgehead atoms. The Morgan fingerprint density at radius 3 is 1.93 bits per heavy atom. The van der Waals surface area contributed by atoms with Crippen LogP contribution in [0.2, 0.25) is 0 Å². The molecule has 27 heteroatoms. The van der Waals surface area contributed by atoms with Crippen molar-refractivity contribution < 1.29 is 78.9 Å². The number of ketones is 1. The maximum atomic E-state index is 13.5. The Balaban J connectivity index is 0.000000160. The zero-order valence-electron chi connectivity index (χ0n) is 58.4.